The summed E-state index contributed by atoms with van der Waals surface area (Å²) in [4.78, 5) is 22.3. The third-order valence-electron chi connectivity index (χ3n) is 7.40. The van der Waals surface area contributed by atoms with E-state index in [0.29, 0.717) is 0 Å². The molecule has 4 rings (SSSR count). The number of methoxy groups -OCH3 is 2. The maximum Gasteiger partial charge on any atom is 0.307 e. The van der Waals surface area contributed by atoms with Gasteiger partial charge in [-0.2, -0.15) is 0 Å². The van der Waals surface area contributed by atoms with Crippen molar-refractivity contribution in [1.29, 1.82) is 0 Å². The molecule has 0 amide bonds. The second-order valence-corrected chi connectivity index (χ2v) is 10.5. The Morgan fingerprint density at radius 2 is 0.976 bits per heavy atom. The smallest absolute Gasteiger partial charge is 0.307 e. The molecule has 0 aliphatic carbocycles. The molecule has 0 saturated carbocycles. The molecule has 0 spiro atoms. The second kappa shape index (κ2) is 14.9. The van der Waals surface area contributed by atoms with Crippen LogP contribution < -0.4 is 9.47 Å². The molecule has 218 valence electrons. The fourth-order valence-electron chi connectivity index (χ4n) is 5.33. The number of aryl methyl sites for hydroxylation is 2. The van der Waals surface area contributed by atoms with E-state index in [2.05, 4.69) is 24.3 Å². The van der Waals surface area contributed by atoms with E-state index in [1.165, 1.54) is 11.1 Å². The number of unbranched alkanes of at least 4 members (excludes halogenated alkanes) is 3. The summed E-state index contributed by atoms with van der Waals surface area (Å²) in [6.45, 7) is 0. The average Bonchev–Trinajstić information content (AvgIpc) is 2.98. The third-order valence-corrected chi connectivity index (χ3v) is 7.40. The molecule has 6 nitrogen and oxygen atoms in total. The Balaban J connectivity index is 1.32. The molecule has 0 radical (unpaired) electrons. The highest BCUT2D eigenvalue weighted by atomic mass is 16.5. The van der Waals surface area contributed by atoms with Gasteiger partial charge in [0.2, 0.25) is 0 Å². The van der Waals surface area contributed by atoms with Crippen molar-refractivity contribution in [3.05, 3.63) is 107 Å². The number of carboxylic acids is 2. The number of ether oxygens (including phenoxy) is 2. The van der Waals surface area contributed by atoms with Crippen LogP contribution >= 0.6 is 0 Å². The quantitative estimate of drug-likeness (QED) is 0.144. The van der Waals surface area contributed by atoms with E-state index in [9.17, 15) is 9.59 Å². The molecule has 4 aromatic carbocycles. The zero-order chi connectivity index (χ0) is 29.9. The maximum atomic E-state index is 11.2. The van der Waals surface area contributed by atoms with Crippen molar-refractivity contribution in [3.8, 4) is 33.8 Å². The van der Waals surface area contributed by atoms with Crippen molar-refractivity contribution >= 4 is 11.9 Å². The van der Waals surface area contributed by atoms with Gasteiger partial charge < -0.3 is 19.7 Å². The maximum absolute atomic E-state index is 11.2. The Morgan fingerprint density at radius 1 is 0.548 bits per heavy atom. The van der Waals surface area contributed by atoms with Crippen LogP contribution in [0, 0.1) is 0 Å². The predicted molar refractivity (Wildman–Crippen MR) is 165 cm³/mol. The lowest BCUT2D eigenvalue weighted by Crippen LogP contribution is -2.00. The molecule has 0 unspecified atom stereocenters. The highest BCUT2D eigenvalue weighted by Crippen LogP contribution is 2.33. The monoisotopic (exact) mass is 566 g/mol. The summed E-state index contributed by atoms with van der Waals surface area (Å²) in [6.07, 6.45) is 6.31. The first kappa shape index (κ1) is 30.4. The van der Waals surface area contributed by atoms with Crippen LogP contribution in [0.1, 0.15) is 47.9 Å². The highest BCUT2D eigenvalue weighted by molar-refractivity contribution is 5.76. The molecule has 0 saturated heterocycles. The average molecular weight is 567 g/mol. The number of rotatable bonds is 15. The van der Waals surface area contributed by atoms with Crippen molar-refractivity contribution in [3.63, 3.8) is 0 Å². The number of aliphatic carboxylic acids is 2. The SMILES string of the molecule is COc1ccc(CCCCCCc2ccc(OC)c(-c3cccc(CC(=O)O)c3)c2)cc1-c1cccc(CC(=O)O)c1. The summed E-state index contributed by atoms with van der Waals surface area (Å²) < 4.78 is 11.2. The van der Waals surface area contributed by atoms with Crippen LogP contribution in [0.15, 0.2) is 84.9 Å². The van der Waals surface area contributed by atoms with Gasteiger partial charge in [0.1, 0.15) is 11.5 Å². The molecule has 6 heteroatoms. The van der Waals surface area contributed by atoms with E-state index >= 15 is 0 Å². The predicted octanol–water partition coefficient (Wildman–Crippen LogP) is 7.64. The number of hydrogen-bond acceptors (Lipinski definition) is 4. The third kappa shape index (κ3) is 8.46. The fraction of sp³-hybridized carbons (Fsp3) is 0.278. The second-order valence-electron chi connectivity index (χ2n) is 10.5. The molecule has 0 aromatic heterocycles. The molecule has 0 aliphatic rings. The van der Waals surface area contributed by atoms with E-state index in [1.807, 2.05) is 60.7 Å². The van der Waals surface area contributed by atoms with E-state index in [1.54, 1.807) is 14.2 Å². The Morgan fingerprint density at radius 3 is 1.36 bits per heavy atom. The normalized spacial score (nSPS) is 10.8. The number of carbonyl (C=O) groups is 2. The fourth-order valence-corrected chi connectivity index (χ4v) is 5.33. The first-order valence-electron chi connectivity index (χ1n) is 14.3. The van der Waals surface area contributed by atoms with Gasteiger partial charge in [-0.15, -0.1) is 0 Å². The number of hydrogen-bond donors (Lipinski definition) is 2. The van der Waals surface area contributed by atoms with E-state index < -0.39 is 11.9 Å². The minimum atomic E-state index is -0.844. The molecule has 4 aromatic rings. The van der Waals surface area contributed by atoms with Gasteiger partial charge in [-0.1, -0.05) is 73.5 Å². The van der Waals surface area contributed by atoms with Crippen molar-refractivity contribution in [1.82, 2.24) is 0 Å². The van der Waals surface area contributed by atoms with Crippen molar-refractivity contribution in [2.24, 2.45) is 0 Å². The molecule has 42 heavy (non-hydrogen) atoms. The molecule has 0 bridgehead atoms. The van der Waals surface area contributed by atoms with Gasteiger partial charge in [0.25, 0.3) is 0 Å². The first-order valence-corrected chi connectivity index (χ1v) is 14.3. The van der Waals surface area contributed by atoms with E-state index in [4.69, 9.17) is 19.7 Å². The van der Waals surface area contributed by atoms with Crippen molar-refractivity contribution in [2.75, 3.05) is 14.2 Å². The lowest BCUT2D eigenvalue weighted by atomic mass is 9.96. The van der Waals surface area contributed by atoms with Crippen LogP contribution in [0.2, 0.25) is 0 Å². The number of carboxylic acid groups (broad SMARTS) is 2. The summed E-state index contributed by atoms with van der Waals surface area (Å²) in [7, 11) is 3.31. The van der Waals surface area contributed by atoms with Crippen molar-refractivity contribution < 1.29 is 29.3 Å². The largest absolute Gasteiger partial charge is 0.496 e. The van der Waals surface area contributed by atoms with Gasteiger partial charge in [-0.3, -0.25) is 9.59 Å². The molecule has 0 fully saturated rings. The summed E-state index contributed by atoms with van der Waals surface area (Å²) in [5, 5.41) is 18.3. The highest BCUT2D eigenvalue weighted by Gasteiger charge is 2.11. The minimum absolute atomic E-state index is 0.00629. The lowest BCUT2D eigenvalue weighted by molar-refractivity contribution is -0.137. The van der Waals surface area contributed by atoms with E-state index in [0.717, 1.165) is 83.4 Å². The van der Waals surface area contributed by atoms with Gasteiger partial charge >= 0.3 is 11.9 Å². The standard InChI is InChI=1S/C36H38O6/c1-41-33-17-15-25(21-31(33)29-13-7-11-27(19-29)23-35(37)38)9-5-3-4-6-10-26-16-18-34(42-2)32(22-26)30-14-8-12-28(20-30)24-36(39)40/h7-8,11-22H,3-6,9-10,23-24H2,1-2H3,(H,37,38)(H,39,40). The van der Waals surface area contributed by atoms with Gasteiger partial charge in [0, 0.05) is 11.1 Å². The van der Waals surface area contributed by atoms with Crippen LogP contribution in [0.4, 0.5) is 0 Å². The molecular weight excluding hydrogens is 528 g/mol. The molecule has 0 atom stereocenters. The molecule has 0 heterocycles. The molecule has 2 N–H and O–H groups in total. The Bertz CT molecular complexity index is 1410. The minimum Gasteiger partial charge on any atom is -0.496 e. The summed E-state index contributed by atoms with van der Waals surface area (Å²) in [6, 6.07) is 27.8. The number of benzene rings is 4. The van der Waals surface area contributed by atoms with Gasteiger partial charge in [0.05, 0.1) is 27.1 Å². The zero-order valence-corrected chi connectivity index (χ0v) is 24.3. The lowest BCUT2D eigenvalue weighted by Gasteiger charge is -2.13. The first-order chi connectivity index (χ1) is 20.4. The summed E-state index contributed by atoms with van der Waals surface area (Å²) in [5.41, 5.74) is 7.88. The van der Waals surface area contributed by atoms with Crippen LogP contribution in [-0.4, -0.2) is 36.4 Å². The topological polar surface area (TPSA) is 93.1 Å². The Labute approximate surface area is 247 Å². The molecular formula is C36H38O6. The van der Waals surface area contributed by atoms with Crippen LogP contribution in [0.5, 0.6) is 11.5 Å². The van der Waals surface area contributed by atoms with Crippen LogP contribution in [-0.2, 0) is 35.3 Å². The summed E-state index contributed by atoms with van der Waals surface area (Å²) >= 11 is 0. The van der Waals surface area contributed by atoms with Crippen LogP contribution in [0.25, 0.3) is 22.3 Å². The van der Waals surface area contributed by atoms with Gasteiger partial charge in [0.15, 0.2) is 0 Å². The Hall–Kier alpha value is -4.58. The molecule has 0 aliphatic heterocycles. The van der Waals surface area contributed by atoms with Crippen molar-refractivity contribution in [2.45, 2.75) is 51.4 Å². The zero-order valence-electron chi connectivity index (χ0n) is 24.3. The van der Waals surface area contributed by atoms with E-state index in [-0.39, 0.29) is 12.8 Å². The van der Waals surface area contributed by atoms with Gasteiger partial charge in [-0.05, 0) is 83.3 Å². The van der Waals surface area contributed by atoms with Crippen LogP contribution in [0.3, 0.4) is 0 Å². The summed E-state index contributed by atoms with van der Waals surface area (Å²) in [5.74, 6) is -0.136. The van der Waals surface area contributed by atoms with Gasteiger partial charge in [-0.25, -0.2) is 0 Å². The Kier molecular flexibility index (Phi) is 10.8.